The third-order valence-electron chi connectivity index (χ3n) is 3.06. The lowest BCUT2D eigenvalue weighted by atomic mass is 9.72. The van der Waals surface area contributed by atoms with Crippen LogP contribution in [0.1, 0.15) is 46.6 Å². The van der Waals surface area contributed by atoms with E-state index < -0.39 is 0 Å². The molecule has 0 aliphatic rings. The van der Waals surface area contributed by atoms with Gasteiger partial charge in [0.25, 0.3) is 0 Å². The van der Waals surface area contributed by atoms with Crippen LogP contribution in [-0.2, 0) is 5.41 Å². The minimum Gasteiger partial charge on any atom is -0.491 e. The van der Waals surface area contributed by atoms with Crippen LogP contribution in [0.2, 0.25) is 0 Å². The molecule has 0 unspecified atom stereocenters. The van der Waals surface area contributed by atoms with Gasteiger partial charge in [-0.1, -0.05) is 40.7 Å². The third kappa shape index (κ3) is 5.15. The Labute approximate surface area is 125 Å². The van der Waals surface area contributed by atoms with Gasteiger partial charge in [0.2, 0.25) is 0 Å². The van der Waals surface area contributed by atoms with Gasteiger partial charge in [0.1, 0.15) is 12.4 Å². The Hall–Kier alpha value is -0.540. The maximum absolute atomic E-state index is 5.58. The normalized spacial score (nSPS) is 12.6. The van der Waals surface area contributed by atoms with E-state index in [-0.39, 0.29) is 5.41 Å². The zero-order valence-electron chi connectivity index (χ0n) is 12.7. The Bertz CT molecular complexity index is 421. The molecular formula is C16H26BrNO. The van der Waals surface area contributed by atoms with Crippen LogP contribution in [0, 0.1) is 5.41 Å². The highest BCUT2D eigenvalue weighted by Gasteiger charge is 2.27. The van der Waals surface area contributed by atoms with Gasteiger partial charge < -0.3 is 10.5 Å². The Balaban J connectivity index is 2.93. The minimum atomic E-state index is 0.146. The number of hydrogen-bond acceptors (Lipinski definition) is 2. The first kappa shape index (κ1) is 16.5. The number of halogens is 1. The minimum absolute atomic E-state index is 0.146. The molecule has 0 saturated heterocycles. The van der Waals surface area contributed by atoms with Crippen molar-refractivity contribution in [2.45, 2.75) is 46.5 Å². The van der Waals surface area contributed by atoms with Crippen LogP contribution in [-0.4, -0.2) is 13.2 Å². The molecule has 0 bridgehead atoms. The molecule has 1 rings (SSSR count). The van der Waals surface area contributed by atoms with Crippen LogP contribution < -0.4 is 10.5 Å². The molecule has 0 radical (unpaired) electrons. The maximum Gasteiger partial charge on any atom is 0.133 e. The molecular weight excluding hydrogens is 302 g/mol. The average Bonchev–Trinajstić information content (AvgIpc) is 2.24. The van der Waals surface area contributed by atoms with Crippen molar-refractivity contribution in [1.82, 2.24) is 0 Å². The van der Waals surface area contributed by atoms with Gasteiger partial charge in [0.05, 0.1) is 4.47 Å². The lowest BCUT2D eigenvalue weighted by molar-refractivity contribution is 0.283. The average molecular weight is 328 g/mol. The van der Waals surface area contributed by atoms with Crippen molar-refractivity contribution in [3.05, 3.63) is 28.2 Å². The van der Waals surface area contributed by atoms with Gasteiger partial charge in [-0.05, 0) is 50.9 Å². The summed E-state index contributed by atoms with van der Waals surface area (Å²) in [5, 5.41) is 0. The molecule has 0 spiro atoms. The van der Waals surface area contributed by atoms with Gasteiger partial charge in [-0.15, -0.1) is 0 Å². The second-order valence-electron chi connectivity index (χ2n) is 6.90. The van der Waals surface area contributed by atoms with Crippen molar-refractivity contribution in [3.8, 4) is 5.75 Å². The van der Waals surface area contributed by atoms with Crippen LogP contribution in [0.4, 0.5) is 0 Å². The smallest absolute Gasteiger partial charge is 0.133 e. The number of nitrogens with two attached hydrogens (primary N) is 1. The number of hydrogen-bond donors (Lipinski definition) is 1. The van der Waals surface area contributed by atoms with Gasteiger partial charge in [-0.3, -0.25) is 0 Å². The van der Waals surface area contributed by atoms with Gasteiger partial charge >= 0.3 is 0 Å². The summed E-state index contributed by atoms with van der Waals surface area (Å²) in [5.74, 6) is 0.862. The topological polar surface area (TPSA) is 35.2 Å². The van der Waals surface area contributed by atoms with Crippen molar-refractivity contribution in [1.29, 1.82) is 0 Å². The van der Waals surface area contributed by atoms with E-state index in [0.29, 0.717) is 18.6 Å². The van der Waals surface area contributed by atoms with Crippen molar-refractivity contribution in [3.63, 3.8) is 0 Å². The molecule has 1 aromatic carbocycles. The highest BCUT2D eigenvalue weighted by molar-refractivity contribution is 9.10. The first-order valence-electron chi connectivity index (χ1n) is 6.79. The Morgan fingerprint density at radius 1 is 1.16 bits per heavy atom. The zero-order chi connectivity index (χ0) is 14.7. The second-order valence-corrected chi connectivity index (χ2v) is 7.76. The van der Waals surface area contributed by atoms with Crippen molar-refractivity contribution >= 4 is 15.9 Å². The molecule has 0 heterocycles. The Morgan fingerprint density at radius 2 is 1.79 bits per heavy atom. The van der Waals surface area contributed by atoms with E-state index in [4.69, 9.17) is 10.5 Å². The molecule has 108 valence electrons. The van der Waals surface area contributed by atoms with Gasteiger partial charge in [0, 0.05) is 6.54 Å². The molecule has 0 amide bonds. The Kier molecular flexibility index (Phi) is 5.45. The lowest BCUT2D eigenvalue weighted by Gasteiger charge is -2.33. The monoisotopic (exact) mass is 327 g/mol. The predicted molar refractivity (Wildman–Crippen MR) is 85.8 cm³/mol. The van der Waals surface area contributed by atoms with Crippen LogP contribution in [0.25, 0.3) is 0 Å². The summed E-state index contributed by atoms with van der Waals surface area (Å²) >= 11 is 3.58. The maximum atomic E-state index is 5.58. The van der Waals surface area contributed by atoms with E-state index >= 15 is 0 Å². The molecule has 0 fully saturated rings. The molecule has 1 aromatic rings. The van der Waals surface area contributed by atoms with E-state index in [0.717, 1.165) is 16.6 Å². The quantitative estimate of drug-likeness (QED) is 0.864. The van der Waals surface area contributed by atoms with E-state index in [1.54, 1.807) is 0 Å². The number of benzene rings is 1. The largest absolute Gasteiger partial charge is 0.491 e. The summed E-state index contributed by atoms with van der Waals surface area (Å²) in [7, 11) is 0. The fraction of sp³-hybridized carbons (Fsp3) is 0.625. The van der Waals surface area contributed by atoms with Crippen LogP contribution in [0.3, 0.4) is 0 Å². The van der Waals surface area contributed by atoms with Crippen molar-refractivity contribution < 1.29 is 4.74 Å². The fourth-order valence-electron chi connectivity index (χ4n) is 2.64. The zero-order valence-corrected chi connectivity index (χ0v) is 14.3. The van der Waals surface area contributed by atoms with Gasteiger partial charge in [-0.25, -0.2) is 0 Å². The summed E-state index contributed by atoms with van der Waals surface area (Å²) in [6.07, 6.45) is 1.13. The molecule has 0 atom stereocenters. The molecule has 0 saturated carbocycles. The first-order chi connectivity index (χ1) is 8.65. The molecule has 3 heteroatoms. The van der Waals surface area contributed by atoms with E-state index in [1.165, 1.54) is 5.56 Å². The van der Waals surface area contributed by atoms with Crippen molar-refractivity contribution in [2.24, 2.45) is 11.1 Å². The van der Waals surface area contributed by atoms with Gasteiger partial charge in [-0.2, -0.15) is 0 Å². The highest BCUT2D eigenvalue weighted by atomic mass is 79.9. The molecule has 19 heavy (non-hydrogen) atoms. The number of ether oxygens (including phenoxy) is 1. The lowest BCUT2D eigenvalue weighted by Crippen LogP contribution is -2.24. The molecule has 0 aliphatic heterocycles. The van der Waals surface area contributed by atoms with E-state index in [2.05, 4.69) is 62.7 Å². The molecule has 2 N–H and O–H groups in total. The molecule has 0 aromatic heterocycles. The van der Waals surface area contributed by atoms with Crippen molar-refractivity contribution in [2.75, 3.05) is 13.2 Å². The summed E-state index contributed by atoms with van der Waals surface area (Å²) in [4.78, 5) is 0. The van der Waals surface area contributed by atoms with Crippen LogP contribution in [0.5, 0.6) is 5.75 Å². The van der Waals surface area contributed by atoms with E-state index in [1.807, 2.05) is 6.07 Å². The van der Waals surface area contributed by atoms with Gasteiger partial charge in [0.15, 0.2) is 0 Å². The van der Waals surface area contributed by atoms with E-state index in [9.17, 15) is 0 Å². The standard InChI is InChI=1S/C16H26BrNO/c1-15(2,3)11-16(4,5)12-6-7-14(13(17)10-12)19-9-8-18/h6-7,10H,8-9,11,18H2,1-5H3. The number of rotatable bonds is 5. The predicted octanol–water partition coefficient (Wildman–Crippen LogP) is 4.50. The summed E-state index contributed by atoms with van der Waals surface area (Å²) < 4.78 is 6.58. The molecule has 0 aliphatic carbocycles. The highest BCUT2D eigenvalue weighted by Crippen LogP contribution is 2.38. The second kappa shape index (κ2) is 6.27. The fourth-order valence-corrected chi connectivity index (χ4v) is 3.13. The SMILES string of the molecule is CC(C)(C)CC(C)(C)c1ccc(OCCN)c(Br)c1. The summed E-state index contributed by atoms with van der Waals surface area (Å²) in [5.41, 5.74) is 7.24. The first-order valence-corrected chi connectivity index (χ1v) is 7.58. The molecule has 2 nitrogen and oxygen atoms in total. The van der Waals surface area contributed by atoms with Crippen LogP contribution >= 0.6 is 15.9 Å². The summed E-state index contributed by atoms with van der Waals surface area (Å²) in [6.45, 7) is 12.5. The third-order valence-corrected chi connectivity index (χ3v) is 3.68. The Morgan fingerprint density at radius 3 is 2.26 bits per heavy atom. The van der Waals surface area contributed by atoms with Crippen LogP contribution in [0.15, 0.2) is 22.7 Å². The summed E-state index contributed by atoms with van der Waals surface area (Å²) in [6, 6.07) is 6.35.